The lowest BCUT2D eigenvalue weighted by molar-refractivity contribution is 1.33. The van der Waals surface area contributed by atoms with Crippen molar-refractivity contribution in [3.63, 3.8) is 0 Å². The molecule has 0 amide bonds. The molecule has 0 fully saturated rings. The number of benzene rings is 2. The number of aromatic amines is 1. The predicted octanol–water partition coefficient (Wildman–Crippen LogP) is 4.32. The SMILES string of the molecule is Cc1ccc(-c2[nH]c3ccccc3c2C#N)cc1C. The third kappa shape index (κ3) is 1.80. The Morgan fingerprint density at radius 2 is 1.79 bits per heavy atom. The van der Waals surface area contributed by atoms with Gasteiger partial charge >= 0.3 is 0 Å². The molecule has 92 valence electrons. The fraction of sp³-hybridized carbons (Fsp3) is 0.118. The molecule has 2 aromatic carbocycles. The summed E-state index contributed by atoms with van der Waals surface area (Å²) in [6, 6.07) is 16.5. The molecular weight excluding hydrogens is 232 g/mol. The molecule has 0 spiro atoms. The molecule has 1 N–H and O–H groups in total. The topological polar surface area (TPSA) is 39.6 Å². The largest absolute Gasteiger partial charge is 0.353 e. The Morgan fingerprint density at radius 1 is 1.00 bits per heavy atom. The second kappa shape index (κ2) is 4.29. The lowest BCUT2D eigenvalue weighted by Gasteiger charge is -2.04. The van der Waals surface area contributed by atoms with E-state index in [1.807, 2.05) is 24.3 Å². The highest BCUT2D eigenvalue weighted by atomic mass is 14.7. The third-order valence-corrected chi connectivity index (χ3v) is 3.61. The second-order valence-corrected chi connectivity index (χ2v) is 4.83. The van der Waals surface area contributed by atoms with Crippen molar-refractivity contribution in [3.8, 4) is 17.3 Å². The normalized spacial score (nSPS) is 10.6. The maximum Gasteiger partial charge on any atom is 0.102 e. The van der Waals surface area contributed by atoms with Gasteiger partial charge in [0, 0.05) is 10.9 Å². The van der Waals surface area contributed by atoms with Crippen LogP contribution in [0.3, 0.4) is 0 Å². The Kier molecular flexibility index (Phi) is 2.61. The maximum atomic E-state index is 9.42. The first-order valence-electron chi connectivity index (χ1n) is 6.29. The summed E-state index contributed by atoms with van der Waals surface area (Å²) >= 11 is 0. The Bertz CT molecular complexity index is 804. The summed E-state index contributed by atoms with van der Waals surface area (Å²) in [5.74, 6) is 0. The highest BCUT2D eigenvalue weighted by Crippen LogP contribution is 2.30. The van der Waals surface area contributed by atoms with Crippen LogP contribution in [0.15, 0.2) is 42.5 Å². The van der Waals surface area contributed by atoms with Crippen molar-refractivity contribution in [2.75, 3.05) is 0 Å². The predicted molar refractivity (Wildman–Crippen MR) is 77.9 cm³/mol. The van der Waals surface area contributed by atoms with E-state index < -0.39 is 0 Å². The zero-order chi connectivity index (χ0) is 13.4. The minimum atomic E-state index is 0.721. The Labute approximate surface area is 112 Å². The van der Waals surface area contributed by atoms with Gasteiger partial charge in [0.05, 0.1) is 11.3 Å². The van der Waals surface area contributed by atoms with E-state index in [2.05, 4.69) is 43.1 Å². The first-order chi connectivity index (χ1) is 9.20. The third-order valence-electron chi connectivity index (χ3n) is 3.61. The molecule has 0 saturated heterocycles. The molecule has 0 atom stereocenters. The molecule has 0 unspecified atom stereocenters. The molecule has 0 aliphatic rings. The average molecular weight is 246 g/mol. The smallest absolute Gasteiger partial charge is 0.102 e. The van der Waals surface area contributed by atoms with Crippen LogP contribution in [0.25, 0.3) is 22.2 Å². The number of rotatable bonds is 1. The van der Waals surface area contributed by atoms with E-state index in [0.717, 1.165) is 27.7 Å². The van der Waals surface area contributed by atoms with E-state index in [1.54, 1.807) is 0 Å². The number of hydrogen-bond donors (Lipinski definition) is 1. The molecule has 3 aromatic rings. The monoisotopic (exact) mass is 246 g/mol. The van der Waals surface area contributed by atoms with Gasteiger partial charge in [-0.15, -0.1) is 0 Å². The van der Waals surface area contributed by atoms with E-state index in [9.17, 15) is 5.26 Å². The summed E-state index contributed by atoms with van der Waals surface area (Å²) in [5.41, 5.74) is 6.20. The number of nitriles is 1. The van der Waals surface area contributed by atoms with Crippen molar-refractivity contribution in [1.82, 2.24) is 4.98 Å². The van der Waals surface area contributed by atoms with Crippen molar-refractivity contribution in [3.05, 3.63) is 59.2 Å². The van der Waals surface area contributed by atoms with Crippen LogP contribution in [-0.4, -0.2) is 4.98 Å². The number of H-pyrrole nitrogens is 1. The molecule has 0 aliphatic carbocycles. The molecule has 1 heterocycles. The van der Waals surface area contributed by atoms with Crippen molar-refractivity contribution in [2.45, 2.75) is 13.8 Å². The van der Waals surface area contributed by atoms with Gasteiger partial charge in [0.2, 0.25) is 0 Å². The maximum absolute atomic E-state index is 9.42. The molecule has 19 heavy (non-hydrogen) atoms. The van der Waals surface area contributed by atoms with Crippen LogP contribution in [0.5, 0.6) is 0 Å². The van der Waals surface area contributed by atoms with Crippen LogP contribution in [0.4, 0.5) is 0 Å². The van der Waals surface area contributed by atoms with Gasteiger partial charge in [0.15, 0.2) is 0 Å². The Balaban J connectivity index is 2.30. The van der Waals surface area contributed by atoms with Crippen LogP contribution < -0.4 is 0 Å². The van der Waals surface area contributed by atoms with Gasteiger partial charge in [0.25, 0.3) is 0 Å². The van der Waals surface area contributed by atoms with Crippen molar-refractivity contribution in [1.29, 1.82) is 5.26 Å². The van der Waals surface area contributed by atoms with Crippen molar-refractivity contribution in [2.24, 2.45) is 0 Å². The number of aromatic nitrogens is 1. The lowest BCUT2D eigenvalue weighted by Crippen LogP contribution is -1.85. The minimum absolute atomic E-state index is 0.721. The van der Waals surface area contributed by atoms with E-state index >= 15 is 0 Å². The summed E-state index contributed by atoms with van der Waals surface area (Å²) < 4.78 is 0. The van der Waals surface area contributed by atoms with Crippen molar-refractivity contribution >= 4 is 10.9 Å². The first-order valence-corrected chi connectivity index (χ1v) is 6.29. The van der Waals surface area contributed by atoms with E-state index in [-0.39, 0.29) is 0 Å². The van der Waals surface area contributed by atoms with E-state index in [1.165, 1.54) is 11.1 Å². The van der Waals surface area contributed by atoms with Gasteiger partial charge in [-0.1, -0.05) is 30.3 Å². The molecule has 1 aromatic heterocycles. The zero-order valence-corrected chi connectivity index (χ0v) is 11.0. The van der Waals surface area contributed by atoms with Gasteiger partial charge in [-0.3, -0.25) is 0 Å². The average Bonchev–Trinajstić information content (AvgIpc) is 2.80. The molecule has 0 saturated carbocycles. The van der Waals surface area contributed by atoms with Gasteiger partial charge in [-0.05, 0) is 42.7 Å². The molecule has 2 nitrogen and oxygen atoms in total. The minimum Gasteiger partial charge on any atom is -0.353 e. The summed E-state index contributed by atoms with van der Waals surface area (Å²) in [5, 5.41) is 10.4. The quantitative estimate of drug-likeness (QED) is 0.682. The van der Waals surface area contributed by atoms with Crippen LogP contribution in [0.1, 0.15) is 16.7 Å². The molecule has 0 aliphatic heterocycles. The molecule has 0 bridgehead atoms. The first kappa shape index (κ1) is 11.6. The highest BCUT2D eigenvalue weighted by Gasteiger charge is 2.12. The fourth-order valence-corrected chi connectivity index (χ4v) is 2.37. The molecule has 0 radical (unpaired) electrons. The van der Waals surface area contributed by atoms with E-state index in [4.69, 9.17) is 0 Å². The van der Waals surface area contributed by atoms with E-state index in [0.29, 0.717) is 0 Å². The number of aryl methyl sites for hydroxylation is 2. The van der Waals surface area contributed by atoms with Crippen molar-refractivity contribution < 1.29 is 0 Å². The fourth-order valence-electron chi connectivity index (χ4n) is 2.37. The second-order valence-electron chi connectivity index (χ2n) is 4.83. The lowest BCUT2D eigenvalue weighted by atomic mass is 10.0. The number of nitrogens with zero attached hydrogens (tertiary/aromatic N) is 1. The summed E-state index contributed by atoms with van der Waals surface area (Å²) in [4.78, 5) is 3.36. The van der Waals surface area contributed by atoms with Crippen LogP contribution in [0.2, 0.25) is 0 Å². The van der Waals surface area contributed by atoms with Gasteiger partial charge in [0.1, 0.15) is 6.07 Å². The van der Waals surface area contributed by atoms with Crippen LogP contribution in [-0.2, 0) is 0 Å². The zero-order valence-electron chi connectivity index (χ0n) is 11.0. The van der Waals surface area contributed by atoms with Gasteiger partial charge in [-0.25, -0.2) is 0 Å². The molecule has 3 rings (SSSR count). The molecular formula is C17H14N2. The molecule has 2 heteroatoms. The Morgan fingerprint density at radius 3 is 2.53 bits per heavy atom. The van der Waals surface area contributed by atoms with Gasteiger partial charge in [-0.2, -0.15) is 5.26 Å². The standard InChI is InChI=1S/C17H14N2/c1-11-7-8-13(9-12(11)2)17-15(10-18)14-5-3-4-6-16(14)19-17/h3-9,19H,1-2H3. The Hall–Kier alpha value is -2.53. The highest BCUT2D eigenvalue weighted by molar-refractivity contribution is 5.93. The number of nitrogens with one attached hydrogen (secondary N) is 1. The summed E-state index contributed by atoms with van der Waals surface area (Å²) in [6.07, 6.45) is 0. The van der Waals surface area contributed by atoms with Crippen LogP contribution >= 0.6 is 0 Å². The summed E-state index contributed by atoms with van der Waals surface area (Å²) in [7, 11) is 0. The number of hydrogen-bond acceptors (Lipinski definition) is 1. The summed E-state index contributed by atoms with van der Waals surface area (Å²) in [6.45, 7) is 4.18. The number of fused-ring (bicyclic) bond motifs is 1. The van der Waals surface area contributed by atoms with Gasteiger partial charge < -0.3 is 4.98 Å². The van der Waals surface area contributed by atoms with Crippen LogP contribution in [0, 0.1) is 25.2 Å². The number of para-hydroxylation sites is 1.